The fourth-order valence-electron chi connectivity index (χ4n) is 2.92. The van der Waals surface area contributed by atoms with Gasteiger partial charge in [-0.3, -0.25) is 0 Å². The van der Waals surface area contributed by atoms with Crippen LogP contribution in [0.15, 0.2) is 23.4 Å². The summed E-state index contributed by atoms with van der Waals surface area (Å²) in [5.41, 5.74) is 1.70. The number of piperidine rings is 1. The van der Waals surface area contributed by atoms with Crippen molar-refractivity contribution < 1.29 is 9.90 Å². The van der Waals surface area contributed by atoms with Crippen molar-refractivity contribution in [3.8, 4) is 0 Å². The molecule has 1 aromatic rings. The van der Waals surface area contributed by atoms with Gasteiger partial charge in [-0.1, -0.05) is 0 Å². The quantitative estimate of drug-likeness (QED) is 0.847. The third-order valence-electron chi connectivity index (χ3n) is 4.44. The lowest BCUT2D eigenvalue weighted by Crippen LogP contribution is -2.35. The Kier molecular flexibility index (Phi) is 2.77. The maximum absolute atomic E-state index is 11.3. The molecule has 3 rings (SSSR count). The molecule has 1 spiro atoms. The Morgan fingerprint density at radius 1 is 1.21 bits per heavy atom. The van der Waals surface area contributed by atoms with Crippen LogP contribution in [0.1, 0.15) is 36.0 Å². The number of aromatic carboxylic acids is 1. The van der Waals surface area contributed by atoms with Crippen LogP contribution in [0, 0.1) is 10.3 Å². The Hall–Kier alpha value is -1.91. The van der Waals surface area contributed by atoms with Gasteiger partial charge in [-0.25, -0.2) is 4.79 Å². The van der Waals surface area contributed by atoms with Crippen LogP contribution in [-0.2, 0) is 0 Å². The molecule has 2 fully saturated rings. The van der Waals surface area contributed by atoms with Crippen LogP contribution in [0.5, 0.6) is 0 Å². The number of rotatable bonds is 3. The molecule has 100 valence electrons. The van der Waals surface area contributed by atoms with Crippen molar-refractivity contribution in [3.63, 3.8) is 0 Å². The number of carbonyl (C=O) groups is 1. The molecule has 19 heavy (non-hydrogen) atoms. The van der Waals surface area contributed by atoms with Crippen molar-refractivity contribution in [2.24, 2.45) is 10.6 Å². The molecule has 0 atom stereocenters. The summed E-state index contributed by atoms with van der Waals surface area (Å²) in [7, 11) is 0. The number of anilines is 1. The Morgan fingerprint density at radius 2 is 1.89 bits per heavy atom. The Morgan fingerprint density at radius 3 is 2.42 bits per heavy atom. The Bertz CT molecular complexity index is 527. The molecule has 1 saturated heterocycles. The summed E-state index contributed by atoms with van der Waals surface area (Å²) < 4.78 is 0. The first kappa shape index (κ1) is 12.1. The third-order valence-corrected chi connectivity index (χ3v) is 4.44. The molecule has 0 aromatic heterocycles. The predicted molar refractivity (Wildman–Crippen MR) is 72.0 cm³/mol. The topological polar surface area (TPSA) is 70.0 Å². The van der Waals surface area contributed by atoms with E-state index in [0.717, 1.165) is 25.9 Å². The van der Waals surface area contributed by atoms with Crippen LogP contribution >= 0.6 is 0 Å². The van der Waals surface area contributed by atoms with Crippen LogP contribution < -0.4 is 4.90 Å². The highest BCUT2D eigenvalue weighted by Gasteiger charge is 2.44. The molecule has 1 aliphatic carbocycles. The fourth-order valence-corrected chi connectivity index (χ4v) is 2.92. The van der Waals surface area contributed by atoms with Gasteiger partial charge in [-0.15, -0.1) is 4.91 Å². The second-order valence-corrected chi connectivity index (χ2v) is 5.58. The highest BCUT2D eigenvalue weighted by atomic mass is 16.4. The molecule has 1 saturated carbocycles. The van der Waals surface area contributed by atoms with Gasteiger partial charge in [0.2, 0.25) is 0 Å². The number of carboxylic acid groups (broad SMARTS) is 1. The predicted octanol–water partition coefficient (Wildman–Crippen LogP) is 3.16. The first-order chi connectivity index (χ1) is 9.13. The fraction of sp³-hybridized carbons (Fsp3) is 0.500. The van der Waals surface area contributed by atoms with E-state index in [2.05, 4.69) is 10.1 Å². The van der Waals surface area contributed by atoms with Crippen molar-refractivity contribution >= 4 is 17.3 Å². The lowest BCUT2D eigenvalue weighted by atomic mass is 9.93. The van der Waals surface area contributed by atoms with E-state index >= 15 is 0 Å². The second-order valence-electron chi connectivity index (χ2n) is 5.58. The van der Waals surface area contributed by atoms with Crippen LogP contribution in [0.25, 0.3) is 0 Å². The van der Waals surface area contributed by atoms with E-state index in [0.29, 0.717) is 11.1 Å². The van der Waals surface area contributed by atoms with Crippen molar-refractivity contribution in [2.45, 2.75) is 25.7 Å². The number of hydrogen-bond donors (Lipinski definition) is 1. The minimum Gasteiger partial charge on any atom is -0.478 e. The minimum absolute atomic E-state index is 0.249. The van der Waals surface area contributed by atoms with Gasteiger partial charge in [0.15, 0.2) is 0 Å². The van der Waals surface area contributed by atoms with E-state index < -0.39 is 5.97 Å². The van der Waals surface area contributed by atoms with Gasteiger partial charge in [0.25, 0.3) is 0 Å². The van der Waals surface area contributed by atoms with E-state index in [1.807, 2.05) is 0 Å². The van der Waals surface area contributed by atoms with Gasteiger partial charge >= 0.3 is 5.97 Å². The van der Waals surface area contributed by atoms with Gasteiger partial charge in [-0.2, -0.15) is 0 Å². The highest BCUT2D eigenvalue weighted by Crippen LogP contribution is 2.54. The first-order valence-corrected chi connectivity index (χ1v) is 6.59. The van der Waals surface area contributed by atoms with Gasteiger partial charge in [0.1, 0.15) is 5.69 Å². The van der Waals surface area contributed by atoms with Gasteiger partial charge in [0.05, 0.1) is 11.3 Å². The molecule has 1 heterocycles. The maximum atomic E-state index is 11.3. The molecule has 5 heteroatoms. The Balaban J connectivity index is 1.89. The monoisotopic (exact) mass is 260 g/mol. The summed E-state index contributed by atoms with van der Waals surface area (Å²) in [4.78, 5) is 24.0. The van der Waals surface area contributed by atoms with Crippen molar-refractivity contribution in [3.05, 3.63) is 28.7 Å². The lowest BCUT2D eigenvalue weighted by Gasteiger charge is -2.34. The van der Waals surface area contributed by atoms with E-state index in [9.17, 15) is 14.8 Å². The zero-order chi connectivity index (χ0) is 13.5. The molecule has 0 amide bonds. The molecular weight excluding hydrogens is 244 g/mol. The molecular formula is C14H16N2O3. The number of carboxylic acids is 1. The van der Waals surface area contributed by atoms with Gasteiger partial charge in [0, 0.05) is 13.1 Å². The average Bonchev–Trinajstić information content (AvgIpc) is 3.18. The average molecular weight is 260 g/mol. The first-order valence-electron chi connectivity index (χ1n) is 6.59. The van der Waals surface area contributed by atoms with E-state index in [1.165, 1.54) is 25.0 Å². The normalized spacial score (nSPS) is 20.3. The van der Waals surface area contributed by atoms with Gasteiger partial charge < -0.3 is 10.0 Å². The summed E-state index contributed by atoms with van der Waals surface area (Å²) in [6.07, 6.45) is 4.85. The van der Waals surface area contributed by atoms with Crippen LogP contribution in [0.3, 0.4) is 0 Å². The van der Waals surface area contributed by atoms with Crippen molar-refractivity contribution in [1.29, 1.82) is 0 Å². The number of benzene rings is 1. The summed E-state index contributed by atoms with van der Waals surface area (Å²) in [5, 5.41) is 12.1. The molecule has 1 aliphatic heterocycles. The summed E-state index contributed by atoms with van der Waals surface area (Å²) >= 11 is 0. The molecule has 2 aliphatic rings. The third kappa shape index (κ3) is 2.20. The zero-order valence-electron chi connectivity index (χ0n) is 10.6. The highest BCUT2D eigenvalue weighted by molar-refractivity contribution is 5.95. The van der Waals surface area contributed by atoms with Crippen molar-refractivity contribution in [1.82, 2.24) is 0 Å². The maximum Gasteiger partial charge on any atom is 0.337 e. The number of nitroso groups, excluding NO2 is 1. The summed E-state index contributed by atoms with van der Waals surface area (Å²) in [5.74, 6) is -0.959. The molecule has 5 nitrogen and oxygen atoms in total. The zero-order valence-corrected chi connectivity index (χ0v) is 10.6. The summed E-state index contributed by atoms with van der Waals surface area (Å²) in [6.45, 7) is 1.73. The molecule has 1 N–H and O–H groups in total. The van der Waals surface area contributed by atoms with Crippen LogP contribution in [0.4, 0.5) is 11.4 Å². The van der Waals surface area contributed by atoms with Crippen LogP contribution in [0.2, 0.25) is 0 Å². The number of nitrogens with zero attached hydrogens (tertiary/aromatic N) is 2. The molecule has 0 radical (unpaired) electrons. The van der Waals surface area contributed by atoms with Gasteiger partial charge in [-0.05, 0) is 54.5 Å². The second kappa shape index (κ2) is 4.33. The van der Waals surface area contributed by atoms with Crippen LogP contribution in [-0.4, -0.2) is 24.2 Å². The molecule has 0 bridgehead atoms. The van der Waals surface area contributed by atoms with Crippen molar-refractivity contribution in [2.75, 3.05) is 18.0 Å². The van der Waals surface area contributed by atoms with E-state index in [1.54, 1.807) is 6.07 Å². The molecule has 1 aromatic carbocycles. The smallest absolute Gasteiger partial charge is 0.337 e. The largest absolute Gasteiger partial charge is 0.478 e. The SMILES string of the molecule is O=Nc1ccc(C(=O)O)c(N2CCC3(CC2)CC3)c1. The van der Waals surface area contributed by atoms with E-state index in [4.69, 9.17) is 0 Å². The summed E-state index contributed by atoms with van der Waals surface area (Å²) in [6, 6.07) is 4.50. The molecule has 0 unspecified atom stereocenters. The lowest BCUT2D eigenvalue weighted by molar-refractivity contribution is 0.0697. The minimum atomic E-state index is -0.959. The number of hydrogen-bond acceptors (Lipinski definition) is 4. The van der Waals surface area contributed by atoms with E-state index in [-0.39, 0.29) is 11.3 Å². The standard InChI is InChI=1S/C14H16N2O3/c17-13(18)11-2-1-10(15-19)9-12(11)16-7-5-14(3-4-14)6-8-16/h1-2,9H,3-8H2,(H,17,18). The Labute approximate surface area is 111 Å².